The number of carboxylic acids is 1. The van der Waals surface area contributed by atoms with Crippen LogP contribution in [0.25, 0.3) is 0 Å². The van der Waals surface area contributed by atoms with Crippen LogP contribution < -0.4 is 0 Å². The van der Waals surface area contributed by atoms with Crippen LogP contribution in [-0.2, 0) is 21.6 Å². The van der Waals surface area contributed by atoms with Gasteiger partial charge >= 0.3 is 5.97 Å². The Morgan fingerprint density at radius 2 is 1.73 bits per heavy atom. The van der Waals surface area contributed by atoms with E-state index in [1.54, 1.807) is 0 Å². The Morgan fingerprint density at radius 3 is 2.18 bits per heavy atom. The van der Waals surface area contributed by atoms with Crippen LogP contribution in [0.15, 0.2) is 0 Å². The molecule has 0 aliphatic heterocycles. The molecule has 0 unspecified atom stereocenters. The molecule has 3 heteroatoms. The van der Waals surface area contributed by atoms with Gasteiger partial charge in [-0.25, -0.2) is 0 Å². The number of aliphatic carboxylic acids is 1. The van der Waals surface area contributed by atoms with Crippen LogP contribution >= 0.6 is 0 Å². The summed E-state index contributed by atoms with van der Waals surface area (Å²) in [6.45, 7) is 2.15. The Labute approximate surface area is 78.6 Å². The van der Waals surface area contributed by atoms with Gasteiger partial charge in [0.2, 0.25) is 0 Å². The summed E-state index contributed by atoms with van der Waals surface area (Å²) in [4.78, 5) is 10.0. The van der Waals surface area contributed by atoms with Crippen molar-refractivity contribution in [2.75, 3.05) is 0 Å². The molecule has 0 aliphatic rings. The molecule has 0 fully saturated rings. The Kier molecular flexibility index (Phi) is 12.3. The Morgan fingerprint density at radius 1 is 1.18 bits per heavy atom. The van der Waals surface area contributed by atoms with Crippen molar-refractivity contribution in [3.8, 4) is 0 Å². The van der Waals surface area contributed by atoms with Crippen molar-refractivity contribution < 1.29 is 26.7 Å². The minimum absolute atomic E-state index is 0. The fourth-order valence-corrected chi connectivity index (χ4v) is 0.880. The van der Waals surface area contributed by atoms with E-state index in [4.69, 9.17) is 5.11 Å². The molecule has 0 aromatic heterocycles. The monoisotopic (exact) mass is 203 g/mol. The predicted octanol–water partition coefficient (Wildman–Crippen LogP) is 2.43. The number of carbonyl (C=O) groups is 1. The van der Waals surface area contributed by atoms with Crippen LogP contribution in [-0.4, -0.2) is 11.1 Å². The molecule has 0 saturated heterocycles. The summed E-state index contributed by atoms with van der Waals surface area (Å²) in [6.07, 6.45) is 5.88. The van der Waals surface area contributed by atoms with Crippen molar-refractivity contribution in [1.29, 1.82) is 0 Å². The Hall–Kier alpha value is -0.0235. The van der Waals surface area contributed by atoms with Crippen molar-refractivity contribution in [1.82, 2.24) is 0 Å². The Balaban J connectivity index is 0. The first-order valence-electron chi connectivity index (χ1n) is 3.99. The van der Waals surface area contributed by atoms with Crippen LogP contribution in [0.2, 0.25) is 0 Å². The molecule has 1 radical (unpaired) electrons. The topological polar surface area (TPSA) is 37.3 Å². The van der Waals surface area contributed by atoms with E-state index in [1.807, 2.05) is 0 Å². The number of rotatable bonds is 6. The van der Waals surface area contributed by atoms with Crippen molar-refractivity contribution in [3.63, 3.8) is 0 Å². The van der Waals surface area contributed by atoms with Crippen molar-refractivity contribution in [2.45, 2.75) is 45.4 Å². The summed E-state index contributed by atoms with van der Waals surface area (Å²) in [5.74, 6) is -0.670. The fourth-order valence-electron chi connectivity index (χ4n) is 0.880. The van der Waals surface area contributed by atoms with Crippen LogP contribution in [0.3, 0.4) is 0 Å². The zero-order valence-electron chi connectivity index (χ0n) is 6.93. The molecular formula is C8H16CoO2. The maximum absolute atomic E-state index is 10.0. The van der Waals surface area contributed by atoms with Crippen LogP contribution in [0.1, 0.15) is 45.4 Å². The van der Waals surface area contributed by atoms with E-state index in [0.29, 0.717) is 6.42 Å². The first-order chi connectivity index (χ1) is 4.77. The zero-order chi connectivity index (χ0) is 7.82. The maximum Gasteiger partial charge on any atom is 0.303 e. The molecule has 0 heterocycles. The molecule has 1 N–H and O–H groups in total. The predicted molar refractivity (Wildman–Crippen MR) is 41.0 cm³/mol. The minimum atomic E-state index is -0.670. The van der Waals surface area contributed by atoms with Gasteiger partial charge in [-0.2, -0.15) is 0 Å². The standard InChI is InChI=1S/C8H16O2.Co/c1-2-3-4-5-6-7-8(9)10;/h2-7H2,1H3,(H,9,10);. The second-order valence-electron chi connectivity index (χ2n) is 2.56. The SMILES string of the molecule is CCCCCCCC(=O)O.[Co]. The molecule has 0 aliphatic carbocycles. The molecule has 0 aromatic rings. The molecule has 0 aromatic carbocycles. The quantitative estimate of drug-likeness (QED) is 0.673. The number of hydrogen-bond acceptors (Lipinski definition) is 1. The van der Waals surface area contributed by atoms with E-state index in [9.17, 15) is 4.79 Å². The normalized spacial score (nSPS) is 8.82. The summed E-state index contributed by atoms with van der Waals surface area (Å²) in [6, 6.07) is 0. The molecule has 0 rings (SSSR count). The van der Waals surface area contributed by atoms with Gasteiger partial charge in [-0.15, -0.1) is 0 Å². The summed E-state index contributed by atoms with van der Waals surface area (Å²) in [5, 5.41) is 8.27. The molecule has 11 heavy (non-hydrogen) atoms. The van der Waals surface area contributed by atoms with Crippen LogP contribution in [0, 0.1) is 0 Å². The van der Waals surface area contributed by atoms with Gasteiger partial charge in [0.1, 0.15) is 0 Å². The van der Waals surface area contributed by atoms with Gasteiger partial charge in [0, 0.05) is 23.2 Å². The second-order valence-corrected chi connectivity index (χ2v) is 2.56. The van der Waals surface area contributed by atoms with E-state index in [0.717, 1.165) is 12.8 Å². The van der Waals surface area contributed by atoms with Crippen molar-refractivity contribution in [2.24, 2.45) is 0 Å². The van der Waals surface area contributed by atoms with Crippen LogP contribution in [0.4, 0.5) is 0 Å². The first-order valence-corrected chi connectivity index (χ1v) is 3.99. The van der Waals surface area contributed by atoms with Gasteiger partial charge in [0.25, 0.3) is 0 Å². The summed E-state index contributed by atoms with van der Waals surface area (Å²) < 4.78 is 0. The van der Waals surface area contributed by atoms with E-state index in [-0.39, 0.29) is 16.8 Å². The number of unbranched alkanes of at least 4 members (excludes halogenated alkanes) is 4. The van der Waals surface area contributed by atoms with E-state index in [2.05, 4.69) is 6.92 Å². The molecular weight excluding hydrogens is 187 g/mol. The van der Waals surface area contributed by atoms with Crippen molar-refractivity contribution >= 4 is 5.97 Å². The third-order valence-electron chi connectivity index (χ3n) is 1.49. The van der Waals surface area contributed by atoms with Crippen molar-refractivity contribution in [3.05, 3.63) is 0 Å². The van der Waals surface area contributed by atoms with E-state index in [1.165, 1.54) is 19.3 Å². The van der Waals surface area contributed by atoms with Gasteiger partial charge in [-0.3, -0.25) is 4.79 Å². The third kappa shape index (κ3) is 13.0. The number of carboxylic acid groups (broad SMARTS) is 1. The van der Waals surface area contributed by atoms with Gasteiger partial charge in [0.15, 0.2) is 0 Å². The summed E-state index contributed by atoms with van der Waals surface area (Å²) >= 11 is 0. The first kappa shape index (κ1) is 13.6. The van der Waals surface area contributed by atoms with Crippen LogP contribution in [0.5, 0.6) is 0 Å². The Bertz CT molecular complexity index is 94.1. The largest absolute Gasteiger partial charge is 0.481 e. The van der Waals surface area contributed by atoms with Gasteiger partial charge in [-0.1, -0.05) is 32.6 Å². The third-order valence-corrected chi connectivity index (χ3v) is 1.49. The van der Waals surface area contributed by atoms with Gasteiger partial charge in [0.05, 0.1) is 0 Å². The maximum atomic E-state index is 10.0. The average molecular weight is 203 g/mol. The summed E-state index contributed by atoms with van der Waals surface area (Å²) in [5.41, 5.74) is 0. The smallest absolute Gasteiger partial charge is 0.303 e. The van der Waals surface area contributed by atoms with Gasteiger partial charge < -0.3 is 5.11 Å². The molecule has 69 valence electrons. The molecule has 0 amide bonds. The average Bonchev–Trinajstić information content (AvgIpc) is 1.87. The number of hydrogen-bond donors (Lipinski definition) is 1. The van der Waals surface area contributed by atoms with Gasteiger partial charge in [-0.05, 0) is 6.42 Å². The zero-order valence-corrected chi connectivity index (χ0v) is 7.97. The molecule has 0 saturated carbocycles. The molecule has 2 nitrogen and oxygen atoms in total. The second kappa shape index (κ2) is 9.98. The van der Waals surface area contributed by atoms with E-state index >= 15 is 0 Å². The summed E-state index contributed by atoms with van der Waals surface area (Å²) in [7, 11) is 0. The minimum Gasteiger partial charge on any atom is -0.481 e. The molecule has 0 bridgehead atoms. The molecule has 0 atom stereocenters. The fraction of sp³-hybridized carbons (Fsp3) is 0.875. The molecule has 0 spiro atoms. The van der Waals surface area contributed by atoms with E-state index < -0.39 is 5.97 Å².